The number of aromatic nitrogens is 2. The number of nitrogens with two attached hydrogens (primary N) is 1. The summed E-state index contributed by atoms with van der Waals surface area (Å²) in [6.07, 6.45) is 2.59. The minimum absolute atomic E-state index is 0.168. The molecule has 0 aromatic carbocycles. The molecule has 1 aromatic heterocycles. The van der Waals surface area contributed by atoms with Gasteiger partial charge in [-0.2, -0.15) is 5.10 Å². The van der Waals surface area contributed by atoms with Crippen LogP contribution in [0.15, 0.2) is 6.20 Å². The van der Waals surface area contributed by atoms with Gasteiger partial charge in [-0.25, -0.2) is 0 Å². The molecule has 1 amide bonds. The number of nitrogens with one attached hydrogen (secondary N) is 1. The molecule has 0 saturated heterocycles. The number of amides is 1. The normalized spacial score (nSPS) is 12.7. The average molecular weight is 253 g/mol. The standard InChI is InChI=1S/C12H23N5O/c1-5-9(2)16(3)7-6-14-12(18)10-8-15-17(4)11(10)13/h8-9H,5-7,13H2,1-4H3,(H,14,18). The first-order valence-corrected chi connectivity index (χ1v) is 6.23. The highest BCUT2D eigenvalue weighted by Gasteiger charge is 2.13. The van der Waals surface area contributed by atoms with Crippen molar-refractivity contribution in [3.63, 3.8) is 0 Å². The number of nitrogen functional groups attached to an aromatic ring is 1. The Morgan fingerprint density at radius 1 is 1.67 bits per heavy atom. The second-order valence-electron chi connectivity index (χ2n) is 4.56. The number of aryl methyl sites for hydroxylation is 1. The van der Waals surface area contributed by atoms with Crippen molar-refractivity contribution in [2.75, 3.05) is 25.9 Å². The van der Waals surface area contributed by atoms with Gasteiger partial charge in [0.2, 0.25) is 0 Å². The van der Waals surface area contributed by atoms with Gasteiger partial charge in [0.15, 0.2) is 0 Å². The molecule has 1 rings (SSSR count). The Labute approximate surface area is 108 Å². The summed E-state index contributed by atoms with van der Waals surface area (Å²) in [5.41, 5.74) is 6.17. The lowest BCUT2D eigenvalue weighted by Crippen LogP contribution is -2.37. The maximum Gasteiger partial charge on any atom is 0.256 e. The molecule has 1 aromatic rings. The molecule has 6 nitrogen and oxygen atoms in total. The maximum absolute atomic E-state index is 11.8. The number of hydrogen-bond acceptors (Lipinski definition) is 4. The number of carbonyl (C=O) groups is 1. The van der Waals surface area contributed by atoms with E-state index < -0.39 is 0 Å². The molecular formula is C12H23N5O. The third-order valence-electron chi connectivity index (χ3n) is 3.32. The minimum Gasteiger partial charge on any atom is -0.383 e. The summed E-state index contributed by atoms with van der Waals surface area (Å²) in [4.78, 5) is 14.1. The molecule has 6 heteroatoms. The second-order valence-corrected chi connectivity index (χ2v) is 4.56. The lowest BCUT2D eigenvalue weighted by molar-refractivity contribution is 0.0948. The molecule has 18 heavy (non-hydrogen) atoms. The third kappa shape index (κ3) is 3.46. The van der Waals surface area contributed by atoms with Crippen LogP contribution >= 0.6 is 0 Å². The summed E-state index contributed by atoms with van der Waals surface area (Å²) in [7, 11) is 3.77. The highest BCUT2D eigenvalue weighted by Crippen LogP contribution is 2.08. The minimum atomic E-state index is -0.168. The van der Waals surface area contributed by atoms with E-state index >= 15 is 0 Å². The lowest BCUT2D eigenvalue weighted by Gasteiger charge is -2.23. The van der Waals surface area contributed by atoms with Crippen LogP contribution in [0.25, 0.3) is 0 Å². The largest absolute Gasteiger partial charge is 0.383 e. The fourth-order valence-corrected chi connectivity index (χ4v) is 1.60. The van der Waals surface area contributed by atoms with E-state index in [1.807, 2.05) is 0 Å². The Hall–Kier alpha value is -1.56. The van der Waals surface area contributed by atoms with E-state index in [0.29, 0.717) is 24.0 Å². The topological polar surface area (TPSA) is 76.2 Å². The molecule has 0 aliphatic carbocycles. The van der Waals surface area contributed by atoms with Crippen LogP contribution in [0.2, 0.25) is 0 Å². The van der Waals surface area contributed by atoms with Gasteiger partial charge in [0.05, 0.1) is 6.20 Å². The van der Waals surface area contributed by atoms with Gasteiger partial charge in [-0.3, -0.25) is 9.48 Å². The summed E-state index contributed by atoms with van der Waals surface area (Å²) < 4.78 is 1.49. The molecule has 102 valence electrons. The summed E-state index contributed by atoms with van der Waals surface area (Å²) >= 11 is 0. The zero-order chi connectivity index (χ0) is 13.7. The van der Waals surface area contributed by atoms with Gasteiger partial charge in [-0.05, 0) is 20.4 Å². The summed E-state index contributed by atoms with van der Waals surface area (Å²) in [5.74, 6) is 0.223. The van der Waals surface area contributed by atoms with Crippen LogP contribution in [-0.4, -0.2) is 46.8 Å². The van der Waals surface area contributed by atoms with Crippen molar-refractivity contribution in [2.24, 2.45) is 7.05 Å². The zero-order valence-electron chi connectivity index (χ0n) is 11.6. The Bertz CT molecular complexity index is 401. The molecule has 0 fully saturated rings. The number of rotatable bonds is 6. The maximum atomic E-state index is 11.8. The molecule has 0 saturated carbocycles. The molecular weight excluding hydrogens is 230 g/mol. The molecule has 1 heterocycles. The van der Waals surface area contributed by atoms with Crippen LogP contribution in [0.5, 0.6) is 0 Å². The van der Waals surface area contributed by atoms with Gasteiger partial charge in [0, 0.05) is 26.2 Å². The van der Waals surface area contributed by atoms with E-state index in [9.17, 15) is 4.79 Å². The van der Waals surface area contributed by atoms with E-state index in [1.54, 1.807) is 7.05 Å². The molecule has 0 radical (unpaired) electrons. The van der Waals surface area contributed by atoms with Crippen molar-refractivity contribution < 1.29 is 4.79 Å². The third-order valence-corrected chi connectivity index (χ3v) is 3.32. The lowest BCUT2D eigenvalue weighted by atomic mass is 10.2. The highest BCUT2D eigenvalue weighted by atomic mass is 16.1. The summed E-state index contributed by atoms with van der Waals surface area (Å²) in [6, 6.07) is 0.519. The van der Waals surface area contributed by atoms with Crippen LogP contribution in [0.3, 0.4) is 0 Å². The molecule has 0 aliphatic heterocycles. The first-order chi connectivity index (χ1) is 8.47. The van der Waals surface area contributed by atoms with Crippen molar-refractivity contribution in [1.29, 1.82) is 0 Å². The highest BCUT2D eigenvalue weighted by molar-refractivity contribution is 5.98. The monoisotopic (exact) mass is 253 g/mol. The SMILES string of the molecule is CCC(C)N(C)CCNC(=O)c1cnn(C)c1N. The number of likely N-dealkylation sites (N-methyl/N-ethyl adjacent to an activating group) is 1. The van der Waals surface area contributed by atoms with Crippen LogP contribution in [0.4, 0.5) is 5.82 Å². The smallest absolute Gasteiger partial charge is 0.256 e. The van der Waals surface area contributed by atoms with E-state index in [2.05, 4.69) is 36.2 Å². The Kier molecular flexibility index (Phi) is 5.15. The first-order valence-electron chi connectivity index (χ1n) is 6.23. The van der Waals surface area contributed by atoms with E-state index in [-0.39, 0.29) is 5.91 Å². The fourth-order valence-electron chi connectivity index (χ4n) is 1.60. The van der Waals surface area contributed by atoms with Gasteiger partial charge in [-0.15, -0.1) is 0 Å². The molecule has 0 aliphatic rings. The Balaban J connectivity index is 2.41. The molecule has 1 unspecified atom stereocenters. The van der Waals surface area contributed by atoms with Gasteiger partial charge in [0.1, 0.15) is 11.4 Å². The summed E-state index contributed by atoms with van der Waals surface area (Å²) in [5, 5.41) is 6.79. The number of anilines is 1. The molecule has 0 bridgehead atoms. The van der Waals surface area contributed by atoms with Crippen molar-refractivity contribution in [2.45, 2.75) is 26.3 Å². The van der Waals surface area contributed by atoms with Crippen molar-refractivity contribution in [1.82, 2.24) is 20.0 Å². The molecule has 3 N–H and O–H groups in total. The predicted molar refractivity (Wildman–Crippen MR) is 72.3 cm³/mol. The fraction of sp³-hybridized carbons (Fsp3) is 0.667. The first kappa shape index (κ1) is 14.5. The van der Waals surface area contributed by atoms with Gasteiger partial charge in [0.25, 0.3) is 5.91 Å². The number of carbonyl (C=O) groups excluding carboxylic acids is 1. The van der Waals surface area contributed by atoms with E-state index in [4.69, 9.17) is 5.73 Å². The summed E-state index contributed by atoms with van der Waals surface area (Å²) in [6.45, 7) is 5.74. The van der Waals surface area contributed by atoms with Gasteiger partial charge < -0.3 is 16.0 Å². The quantitative estimate of drug-likeness (QED) is 0.772. The average Bonchev–Trinajstić information content (AvgIpc) is 2.68. The van der Waals surface area contributed by atoms with Crippen LogP contribution in [0.1, 0.15) is 30.6 Å². The van der Waals surface area contributed by atoms with Gasteiger partial charge in [-0.1, -0.05) is 6.92 Å². The molecule has 1 atom stereocenters. The van der Waals surface area contributed by atoms with Crippen molar-refractivity contribution in [3.05, 3.63) is 11.8 Å². The predicted octanol–water partition coefficient (Wildman–Crippen LogP) is 0.462. The van der Waals surface area contributed by atoms with Crippen LogP contribution < -0.4 is 11.1 Å². The van der Waals surface area contributed by atoms with E-state index in [1.165, 1.54) is 10.9 Å². The number of nitrogens with zero attached hydrogens (tertiary/aromatic N) is 3. The zero-order valence-corrected chi connectivity index (χ0v) is 11.6. The van der Waals surface area contributed by atoms with Gasteiger partial charge >= 0.3 is 0 Å². The Morgan fingerprint density at radius 2 is 2.33 bits per heavy atom. The molecule has 0 spiro atoms. The van der Waals surface area contributed by atoms with Crippen LogP contribution in [-0.2, 0) is 7.05 Å². The van der Waals surface area contributed by atoms with Crippen LogP contribution in [0, 0.1) is 0 Å². The van der Waals surface area contributed by atoms with Crippen molar-refractivity contribution >= 4 is 11.7 Å². The van der Waals surface area contributed by atoms with E-state index in [0.717, 1.165) is 13.0 Å². The second kappa shape index (κ2) is 6.39. The van der Waals surface area contributed by atoms with Crippen molar-refractivity contribution in [3.8, 4) is 0 Å². The Morgan fingerprint density at radius 3 is 2.83 bits per heavy atom. The number of hydrogen-bond donors (Lipinski definition) is 2.